The van der Waals surface area contributed by atoms with Gasteiger partial charge in [0.2, 0.25) is 11.8 Å². The number of carbonyl (C=O) groups is 2. The Morgan fingerprint density at radius 2 is 1.59 bits per heavy atom. The summed E-state index contributed by atoms with van der Waals surface area (Å²) in [6.07, 6.45) is 3.29. The molecular formula is C32H37Cl2N3O2. The summed E-state index contributed by atoms with van der Waals surface area (Å²) in [6.45, 7) is 4.79. The fraction of sp³-hybridized carbons (Fsp3) is 0.375. The first-order chi connectivity index (χ1) is 18.8. The van der Waals surface area contributed by atoms with E-state index < -0.39 is 0 Å². The number of carbonyl (C=O) groups excluding carboxylic acids is 2. The maximum absolute atomic E-state index is 13.7. The number of hydrogen-bond donors (Lipinski definition) is 1. The Morgan fingerprint density at radius 3 is 2.21 bits per heavy atom. The molecule has 0 aliphatic carbocycles. The van der Waals surface area contributed by atoms with E-state index in [0.29, 0.717) is 23.0 Å². The SMILES string of the molecule is CC(=O)NC1(c2ccccc2)CCN(CCCC(C(=O)N(C)Cc2ccccc2)c2ccc(Cl)c(Cl)c2)CC1. The highest BCUT2D eigenvalue weighted by Crippen LogP contribution is 2.34. The lowest BCUT2D eigenvalue weighted by Crippen LogP contribution is -2.52. The van der Waals surface area contributed by atoms with Crippen LogP contribution in [0, 0.1) is 0 Å². The zero-order chi connectivity index (χ0) is 27.8. The summed E-state index contributed by atoms with van der Waals surface area (Å²) in [5, 5.41) is 4.19. The average Bonchev–Trinajstić information content (AvgIpc) is 2.94. The maximum Gasteiger partial charge on any atom is 0.230 e. The van der Waals surface area contributed by atoms with Gasteiger partial charge in [0.15, 0.2) is 0 Å². The van der Waals surface area contributed by atoms with Gasteiger partial charge >= 0.3 is 0 Å². The Hall–Kier alpha value is -2.86. The monoisotopic (exact) mass is 565 g/mol. The van der Waals surface area contributed by atoms with Crippen molar-refractivity contribution in [3.63, 3.8) is 0 Å². The summed E-state index contributed by atoms with van der Waals surface area (Å²) in [6, 6.07) is 25.8. The summed E-state index contributed by atoms with van der Waals surface area (Å²) in [4.78, 5) is 30.0. The van der Waals surface area contributed by atoms with Crippen molar-refractivity contribution in [1.82, 2.24) is 15.1 Å². The number of rotatable bonds is 10. The second-order valence-electron chi connectivity index (χ2n) is 10.5. The third-order valence-electron chi connectivity index (χ3n) is 7.70. The van der Waals surface area contributed by atoms with Gasteiger partial charge in [0.05, 0.1) is 21.5 Å². The molecule has 39 heavy (non-hydrogen) atoms. The minimum atomic E-state index is -0.331. The van der Waals surface area contributed by atoms with Gasteiger partial charge in [0, 0.05) is 33.6 Å². The Labute approximate surface area is 242 Å². The molecule has 0 spiro atoms. The van der Waals surface area contributed by atoms with E-state index in [4.69, 9.17) is 23.2 Å². The Balaban J connectivity index is 1.40. The van der Waals surface area contributed by atoms with Crippen LogP contribution < -0.4 is 5.32 Å². The standard InChI is InChI=1S/C32H37Cl2N3O2/c1-24(38)35-32(27-12-7-4-8-13-27)17-20-37(21-18-32)19-9-14-28(26-15-16-29(33)30(34)22-26)31(39)36(2)23-25-10-5-3-6-11-25/h3-8,10-13,15-16,22,28H,9,14,17-21,23H2,1-2H3,(H,35,38). The van der Waals surface area contributed by atoms with Crippen molar-refractivity contribution in [2.75, 3.05) is 26.7 Å². The van der Waals surface area contributed by atoms with E-state index in [-0.39, 0.29) is 23.3 Å². The van der Waals surface area contributed by atoms with E-state index in [1.165, 1.54) is 0 Å². The molecule has 1 atom stereocenters. The first-order valence-corrected chi connectivity index (χ1v) is 14.3. The lowest BCUT2D eigenvalue weighted by molar-refractivity contribution is -0.132. The molecule has 0 saturated carbocycles. The predicted molar refractivity (Wildman–Crippen MR) is 159 cm³/mol. The zero-order valence-electron chi connectivity index (χ0n) is 22.7. The van der Waals surface area contributed by atoms with E-state index in [2.05, 4.69) is 22.3 Å². The molecule has 1 saturated heterocycles. The van der Waals surface area contributed by atoms with E-state index in [1.54, 1.807) is 17.9 Å². The molecule has 1 heterocycles. The number of amides is 2. The van der Waals surface area contributed by atoms with Gasteiger partial charge in [-0.05, 0) is 61.1 Å². The third-order valence-corrected chi connectivity index (χ3v) is 8.44. The van der Waals surface area contributed by atoms with E-state index in [1.807, 2.05) is 67.7 Å². The van der Waals surface area contributed by atoms with Crippen molar-refractivity contribution in [2.45, 2.75) is 50.6 Å². The summed E-state index contributed by atoms with van der Waals surface area (Å²) < 4.78 is 0. The van der Waals surface area contributed by atoms with Gasteiger partial charge in [0.1, 0.15) is 0 Å². The van der Waals surface area contributed by atoms with Crippen LogP contribution >= 0.6 is 23.2 Å². The fourth-order valence-electron chi connectivity index (χ4n) is 5.62. The van der Waals surface area contributed by atoms with E-state index in [0.717, 1.165) is 55.6 Å². The molecule has 1 fully saturated rings. The van der Waals surface area contributed by atoms with Gasteiger partial charge in [-0.1, -0.05) is 89.9 Å². The van der Waals surface area contributed by atoms with Crippen molar-refractivity contribution in [3.8, 4) is 0 Å². The summed E-state index contributed by atoms with van der Waals surface area (Å²) >= 11 is 12.5. The quantitative estimate of drug-likeness (QED) is 0.299. The summed E-state index contributed by atoms with van der Waals surface area (Å²) in [5.74, 6) is -0.236. The molecule has 1 aliphatic heterocycles. The van der Waals surface area contributed by atoms with Crippen LogP contribution in [0.4, 0.5) is 0 Å². The average molecular weight is 567 g/mol. The van der Waals surface area contributed by atoms with Gasteiger partial charge < -0.3 is 15.1 Å². The zero-order valence-corrected chi connectivity index (χ0v) is 24.2. The van der Waals surface area contributed by atoms with Crippen LogP contribution in [0.5, 0.6) is 0 Å². The molecule has 5 nitrogen and oxygen atoms in total. The third kappa shape index (κ3) is 7.63. The second-order valence-corrected chi connectivity index (χ2v) is 11.3. The van der Waals surface area contributed by atoms with Crippen molar-refractivity contribution in [2.24, 2.45) is 0 Å². The predicted octanol–water partition coefficient (Wildman–Crippen LogP) is 6.64. The van der Waals surface area contributed by atoms with Gasteiger partial charge in [-0.25, -0.2) is 0 Å². The molecule has 3 aromatic carbocycles. The minimum Gasteiger partial charge on any atom is -0.347 e. The minimum absolute atomic E-state index is 0.00472. The fourth-order valence-corrected chi connectivity index (χ4v) is 5.93. The molecule has 0 radical (unpaired) electrons. The normalized spacial score (nSPS) is 15.9. The number of nitrogens with one attached hydrogen (secondary N) is 1. The second kappa shape index (κ2) is 13.5. The summed E-state index contributed by atoms with van der Waals surface area (Å²) in [7, 11) is 1.86. The van der Waals surface area contributed by atoms with E-state index in [9.17, 15) is 9.59 Å². The molecule has 1 N–H and O–H groups in total. The largest absolute Gasteiger partial charge is 0.347 e. The highest BCUT2D eigenvalue weighted by Gasteiger charge is 2.37. The van der Waals surface area contributed by atoms with Crippen LogP contribution in [-0.2, 0) is 21.7 Å². The van der Waals surface area contributed by atoms with Crippen LogP contribution in [0.15, 0.2) is 78.9 Å². The first kappa shape index (κ1) is 29.1. The van der Waals surface area contributed by atoms with Gasteiger partial charge in [-0.2, -0.15) is 0 Å². The molecule has 7 heteroatoms. The van der Waals surface area contributed by atoms with Crippen LogP contribution in [0.2, 0.25) is 10.0 Å². The molecule has 0 aromatic heterocycles. The number of likely N-dealkylation sites (N-methyl/N-ethyl adjacent to an activating group) is 1. The van der Waals surface area contributed by atoms with Crippen LogP contribution in [-0.4, -0.2) is 48.3 Å². The highest BCUT2D eigenvalue weighted by molar-refractivity contribution is 6.42. The Kier molecular flexibility index (Phi) is 10.1. The molecule has 2 amide bonds. The topological polar surface area (TPSA) is 52.7 Å². The lowest BCUT2D eigenvalue weighted by atomic mass is 9.80. The van der Waals surface area contributed by atoms with E-state index >= 15 is 0 Å². The number of piperidine rings is 1. The first-order valence-electron chi connectivity index (χ1n) is 13.6. The van der Waals surface area contributed by atoms with Crippen molar-refractivity contribution in [1.29, 1.82) is 0 Å². The molecule has 3 aromatic rings. The number of halogens is 2. The van der Waals surface area contributed by atoms with Gasteiger partial charge in [-0.15, -0.1) is 0 Å². The van der Waals surface area contributed by atoms with Crippen LogP contribution in [0.3, 0.4) is 0 Å². The molecule has 1 unspecified atom stereocenters. The Morgan fingerprint density at radius 1 is 0.949 bits per heavy atom. The smallest absolute Gasteiger partial charge is 0.230 e. The maximum atomic E-state index is 13.7. The van der Waals surface area contributed by atoms with Crippen molar-refractivity contribution >= 4 is 35.0 Å². The number of nitrogens with zero attached hydrogens (tertiary/aromatic N) is 2. The number of hydrogen-bond acceptors (Lipinski definition) is 3. The highest BCUT2D eigenvalue weighted by atomic mass is 35.5. The van der Waals surface area contributed by atoms with Gasteiger partial charge in [-0.3, -0.25) is 9.59 Å². The van der Waals surface area contributed by atoms with Crippen LogP contribution in [0.25, 0.3) is 0 Å². The number of benzene rings is 3. The summed E-state index contributed by atoms with van der Waals surface area (Å²) in [5.41, 5.74) is 2.81. The number of likely N-dealkylation sites (tertiary alicyclic amines) is 1. The molecule has 0 bridgehead atoms. The van der Waals surface area contributed by atoms with Gasteiger partial charge in [0.25, 0.3) is 0 Å². The molecule has 206 valence electrons. The van der Waals surface area contributed by atoms with Crippen molar-refractivity contribution < 1.29 is 9.59 Å². The molecule has 1 aliphatic rings. The van der Waals surface area contributed by atoms with Crippen LogP contribution in [0.1, 0.15) is 55.2 Å². The van der Waals surface area contributed by atoms with Crippen molar-refractivity contribution in [3.05, 3.63) is 106 Å². The molecular weight excluding hydrogens is 529 g/mol. The Bertz CT molecular complexity index is 1240. The molecule has 4 rings (SSSR count). The lowest BCUT2D eigenvalue weighted by Gasteiger charge is -2.43.